The predicted molar refractivity (Wildman–Crippen MR) is 76.6 cm³/mol. The van der Waals surface area contributed by atoms with E-state index in [2.05, 4.69) is 29.4 Å². The summed E-state index contributed by atoms with van der Waals surface area (Å²) in [6.07, 6.45) is 0.0796. The number of hydrogen-bond acceptors (Lipinski definition) is 3. The summed E-state index contributed by atoms with van der Waals surface area (Å²) in [5.74, 6) is 0. The number of benzene rings is 1. The Morgan fingerprint density at radius 1 is 1.05 bits per heavy atom. The summed E-state index contributed by atoms with van der Waals surface area (Å²) in [6, 6.07) is 16.3. The van der Waals surface area contributed by atoms with E-state index in [1.165, 1.54) is 5.56 Å². The zero-order chi connectivity index (χ0) is 13.5. The maximum Gasteiger partial charge on any atom is 0.0896 e. The third kappa shape index (κ3) is 4.16. The minimum absolute atomic E-state index is 0.0796. The van der Waals surface area contributed by atoms with Crippen molar-refractivity contribution in [2.75, 3.05) is 7.05 Å². The summed E-state index contributed by atoms with van der Waals surface area (Å²) in [4.78, 5) is 4.54. The number of ether oxygens (including phenoxy) is 1. The van der Waals surface area contributed by atoms with Crippen molar-refractivity contribution in [2.45, 2.75) is 26.2 Å². The van der Waals surface area contributed by atoms with Gasteiger partial charge in [0.05, 0.1) is 24.1 Å². The first kappa shape index (κ1) is 13.7. The maximum absolute atomic E-state index is 5.86. The molecular weight excluding hydrogens is 236 g/mol. The van der Waals surface area contributed by atoms with Crippen molar-refractivity contribution in [2.24, 2.45) is 0 Å². The second-order valence-electron chi connectivity index (χ2n) is 4.51. The summed E-state index contributed by atoms with van der Waals surface area (Å²) in [7, 11) is 1.92. The Balaban J connectivity index is 1.93. The number of aromatic nitrogens is 1. The molecule has 1 heterocycles. The van der Waals surface area contributed by atoms with Gasteiger partial charge in [-0.2, -0.15) is 0 Å². The standard InChI is InChI=1S/C16H20N2O/c1-13(14-7-4-3-5-8-14)19-12-16-10-6-9-15(18-16)11-17-2/h3-10,13,17H,11-12H2,1-2H3. The lowest BCUT2D eigenvalue weighted by atomic mass is 10.1. The zero-order valence-electron chi connectivity index (χ0n) is 11.5. The summed E-state index contributed by atoms with van der Waals surface area (Å²) in [5.41, 5.74) is 3.19. The topological polar surface area (TPSA) is 34.1 Å². The Bertz CT molecular complexity index is 499. The molecule has 0 radical (unpaired) electrons. The van der Waals surface area contributed by atoms with Crippen LogP contribution in [0.15, 0.2) is 48.5 Å². The Kier molecular flexibility index (Phi) is 5.07. The molecular formula is C16H20N2O. The molecule has 1 N–H and O–H groups in total. The largest absolute Gasteiger partial charge is 0.368 e. The van der Waals surface area contributed by atoms with Gasteiger partial charge in [0.25, 0.3) is 0 Å². The van der Waals surface area contributed by atoms with Crippen molar-refractivity contribution < 1.29 is 4.74 Å². The summed E-state index contributed by atoms with van der Waals surface area (Å²) >= 11 is 0. The number of nitrogens with one attached hydrogen (secondary N) is 1. The Morgan fingerprint density at radius 2 is 1.79 bits per heavy atom. The van der Waals surface area contributed by atoms with E-state index in [1.54, 1.807) is 0 Å². The second-order valence-corrected chi connectivity index (χ2v) is 4.51. The van der Waals surface area contributed by atoms with Crippen LogP contribution in [0, 0.1) is 0 Å². The average molecular weight is 256 g/mol. The van der Waals surface area contributed by atoms with Crippen LogP contribution in [0.5, 0.6) is 0 Å². The molecule has 0 fully saturated rings. The fraction of sp³-hybridized carbons (Fsp3) is 0.312. The SMILES string of the molecule is CNCc1cccc(COC(C)c2ccccc2)n1. The number of hydrogen-bond donors (Lipinski definition) is 1. The second kappa shape index (κ2) is 7.02. The Hall–Kier alpha value is -1.71. The monoisotopic (exact) mass is 256 g/mol. The molecule has 0 aliphatic rings. The van der Waals surface area contributed by atoms with Gasteiger partial charge in [-0.1, -0.05) is 36.4 Å². The molecule has 0 amide bonds. The van der Waals surface area contributed by atoms with Gasteiger partial charge in [-0.25, -0.2) is 0 Å². The van der Waals surface area contributed by atoms with Crippen molar-refractivity contribution in [3.05, 3.63) is 65.5 Å². The molecule has 2 aromatic rings. The van der Waals surface area contributed by atoms with Gasteiger partial charge in [0.15, 0.2) is 0 Å². The van der Waals surface area contributed by atoms with Gasteiger partial charge in [0.2, 0.25) is 0 Å². The predicted octanol–water partition coefficient (Wildman–Crippen LogP) is 3.08. The quantitative estimate of drug-likeness (QED) is 0.862. The van der Waals surface area contributed by atoms with Gasteiger partial charge in [-0.05, 0) is 31.7 Å². The van der Waals surface area contributed by atoms with Gasteiger partial charge in [0, 0.05) is 6.54 Å². The zero-order valence-corrected chi connectivity index (χ0v) is 11.5. The van der Waals surface area contributed by atoms with E-state index in [9.17, 15) is 0 Å². The minimum Gasteiger partial charge on any atom is -0.368 e. The highest BCUT2D eigenvalue weighted by molar-refractivity contribution is 5.17. The van der Waals surface area contributed by atoms with E-state index in [-0.39, 0.29) is 6.10 Å². The van der Waals surface area contributed by atoms with E-state index >= 15 is 0 Å². The number of nitrogens with zero attached hydrogens (tertiary/aromatic N) is 1. The molecule has 1 atom stereocenters. The molecule has 0 bridgehead atoms. The maximum atomic E-state index is 5.86. The smallest absolute Gasteiger partial charge is 0.0896 e. The molecule has 0 saturated carbocycles. The molecule has 3 nitrogen and oxygen atoms in total. The van der Waals surface area contributed by atoms with Crippen LogP contribution in [-0.4, -0.2) is 12.0 Å². The fourth-order valence-electron chi connectivity index (χ4n) is 1.92. The van der Waals surface area contributed by atoms with Crippen molar-refractivity contribution in [1.82, 2.24) is 10.3 Å². The van der Waals surface area contributed by atoms with Crippen molar-refractivity contribution >= 4 is 0 Å². The van der Waals surface area contributed by atoms with E-state index in [0.717, 1.165) is 17.9 Å². The molecule has 0 aliphatic carbocycles. The van der Waals surface area contributed by atoms with Crippen LogP contribution in [0.3, 0.4) is 0 Å². The van der Waals surface area contributed by atoms with Gasteiger partial charge in [0.1, 0.15) is 0 Å². The van der Waals surface area contributed by atoms with Gasteiger partial charge >= 0.3 is 0 Å². The summed E-state index contributed by atoms with van der Waals surface area (Å²) in [5, 5.41) is 3.10. The highest BCUT2D eigenvalue weighted by Crippen LogP contribution is 2.17. The molecule has 0 saturated heterocycles. The molecule has 1 unspecified atom stereocenters. The van der Waals surface area contributed by atoms with E-state index in [4.69, 9.17) is 4.74 Å². The van der Waals surface area contributed by atoms with Crippen LogP contribution in [0.2, 0.25) is 0 Å². The van der Waals surface area contributed by atoms with Crippen LogP contribution >= 0.6 is 0 Å². The first-order valence-corrected chi connectivity index (χ1v) is 6.55. The Labute approximate surface area is 114 Å². The first-order valence-electron chi connectivity index (χ1n) is 6.55. The van der Waals surface area contributed by atoms with Gasteiger partial charge in [-0.3, -0.25) is 4.98 Å². The van der Waals surface area contributed by atoms with Crippen LogP contribution in [0.25, 0.3) is 0 Å². The molecule has 2 rings (SSSR count). The van der Waals surface area contributed by atoms with E-state index in [1.807, 2.05) is 43.4 Å². The summed E-state index contributed by atoms with van der Waals surface area (Å²) in [6.45, 7) is 3.38. The molecule has 100 valence electrons. The highest BCUT2D eigenvalue weighted by atomic mass is 16.5. The lowest BCUT2D eigenvalue weighted by Crippen LogP contribution is -2.08. The third-order valence-electron chi connectivity index (χ3n) is 2.97. The molecule has 19 heavy (non-hydrogen) atoms. The highest BCUT2D eigenvalue weighted by Gasteiger charge is 2.06. The third-order valence-corrected chi connectivity index (χ3v) is 2.97. The minimum atomic E-state index is 0.0796. The molecule has 3 heteroatoms. The summed E-state index contributed by atoms with van der Waals surface area (Å²) < 4.78 is 5.86. The van der Waals surface area contributed by atoms with Crippen LogP contribution in [0.4, 0.5) is 0 Å². The molecule has 1 aromatic carbocycles. The van der Waals surface area contributed by atoms with Gasteiger partial charge < -0.3 is 10.1 Å². The van der Waals surface area contributed by atoms with Crippen molar-refractivity contribution in [3.8, 4) is 0 Å². The average Bonchev–Trinajstić information content (AvgIpc) is 2.46. The van der Waals surface area contributed by atoms with E-state index < -0.39 is 0 Å². The Morgan fingerprint density at radius 3 is 2.53 bits per heavy atom. The van der Waals surface area contributed by atoms with Crippen LogP contribution in [0.1, 0.15) is 30.0 Å². The van der Waals surface area contributed by atoms with Crippen molar-refractivity contribution in [3.63, 3.8) is 0 Å². The van der Waals surface area contributed by atoms with Crippen LogP contribution in [-0.2, 0) is 17.9 Å². The van der Waals surface area contributed by atoms with Crippen molar-refractivity contribution in [1.29, 1.82) is 0 Å². The first-order chi connectivity index (χ1) is 9.29. The lowest BCUT2D eigenvalue weighted by Gasteiger charge is -2.13. The molecule has 0 spiro atoms. The molecule has 1 aromatic heterocycles. The lowest BCUT2D eigenvalue weighted by molar-refractivity contribution is 0.0504. The normalized spacial score (nSPS) is 12.3. The molecule has 0 aliphatic heterocycles. The van der Waals surface area contributed by atoms with E-state index in [0.29, 0.717) is 6.61 Å². The van der Waals surface area contributed by atoms with Crippen LogP contribution < -0.4 is 5.32 Å². The number of pyridine rings is 1. The fourth-order valence-corrected chi connectivity index (χ4v) is 1.92. The number of rotatable bonds is 6. The van der Waals surface area contributed by atoms with Gasteiger partial charge in [-0.15, -0.1) is 0 Å².